The van der Waals surface area contributed by atoms with Crippen molar-refractivity contribution in [3.05, 3.63) is 231 Å². The van der Waals surface area contributed by atoms with E-state index in [0.29, 0.717) is 45.1 Å². The lowest BCUT2D eigenvalue weighted by atomic mass is 9.77. The lowest BCUT2D eigenvalue weighted by Gasteiger charge is -2.32. The summed E-state index contributed by atoms with van der Waals surface area (Å²) in [5.74, 6) is -1.06. The number of aryl methyl sites for hydroxylation is 4. The van der Waals surface area contributed by atoms with Crippen molar-refractivity contribution in [2.45, 2.75) is 102 Å². The van der Waals surface area contributed by atoms with E-state index in [-0.39, 0.29) is 63.0 Å². The van der Waals surface area contributed by atoms with Gasteiger partial charge in [-0.05, 0) is 149 Å². The minimum atomic E-state index is -3.85. The lowest BCUT2D eigenvalue weighted by molar-refractivity contribution is 0.00578. The molecule has 446 valence electrons. The van der Waals surface area contributed by atoms with Crippen LogP contribution in [0.3, 0.4) is 0 Å². The summed E-state index contributed by atoms with van der Waals surface area (Å²) in [6.07, 6.45) is 6.98. The van der Waals surface area contributed by atoms with Gasteiger partial charge in [0.1, 0.15) is 17.8 Å². The number of amides is 4. The van der Waals surface area contributed by atoms with Gasteiger partial charge >= 0.3 is 7.12 Å². The third kappa shape index (κ3) is 11.1. The quantitative estimate of drug-likeness (QED) is 0.0631. The molecule has 18 nitrogen and oxygen atoms in total. The highest BCUT2D eigenvalue weighted by Crippen LogP contribution is 2.37. The normalized spacial score (nSPS) is 15.1. The molecule has 10 aromatic rings. The van der Waals surface area contributed by atoms with Gasteiger partial charge in [0, 0.05) is 23.3 Å². The van der Waals surface area contributed by atoms with E-state index in [9.17, 15) is 36.0 Å². The van der Waals surface area contributed by atoms with Crippen molar-refractivity contribution < 1.29 is 45.3 Å². The monoisotopic (exact) mass is 1230 g/mol. The molecule has 0 atom stereocenters. The number of halogens is 1. The summed E-state index contributed by atoms with van der Waals surface area (Å²) in [6.45, 7) is 16.4. The number of hydrogen-bond donors (Lipinski definition) is 0. The van der Waals surface area contributed by atoms with Crippen LogP contribution < -0.4 is 5.46 Å². The summed E-state index contributed by atoms with van der Waals surface area (Å²) in [6, 6.07) is 42.2. The van der Waals surface area contributed by atoms with Crippen LogP contribution in [0.15, 0.2) is 180 Å². The molecule has 88 heavy (non-hydrogen) atoms. The summed E-state index contributed by atoms with van der Waals surface area (Å²) in [5, 5.41) is 1.33. The Kier molecular flexibility index (Phi) is 16.3. The fourth-order valence-electron chi connectivity index (χ4n) is 10.7. The number of hydrogen-bond acceptors (Lipinski definition) is 14. The smallest absolute Gasteiger partial charge is 0.399 e. The highest BCUT2D eigenvalue weighted by atomic mass is 35.5. The Morgan fingerprint density at radius 1 is 0.489 bits per heavy atom. The minimum absolute atomic E-state index is 0.167. The number of carbonyl (C=O) groups is 4. The average molecular weight is 1240 g/mol. The maximum atomic E-state index is 13.4. The maximum Gasteiger partial charge on any atom is 0.494 e. The van der Waals surface area contributed by atoms with Gasteiger partial charge in [0.25, 0.3) is 43.7 Å². The van der Waals surface area contributed by atoms with Crippen molar-refractivity contribution in [1.29, 1.82) is 0 Å². The molecule has 0 aliphatic carbocycles. The van der Waals surface area contributed by atoms with Crippen molar-refractivity contribution in [2.24, 2.45) is 0 Å². The fourth-order valence-corrected chi connectivity index (χ4v) is 13.5. The van der Waals surface area contributed by atoms with Crippen LogP contribution in [-0.4, -0.2) is 96.5 Å². The SMILES string of the molecule is CCc1cc(-c2ncnc3c2ccn3S(=O)(=O)c2ccc(C)cc2)ccc1CN1C(=O)c2ccccc2C1=O.CCc1cc(B2OC(C)(C)C(C)(C)O2)ccc1CN1C(=O)c2ccccc2C1=O.Cc1ccc(S(=O)(=O)n2ccc3c(Cl)ncnc32)cc1. The predicted octanol–water partition coefficient (Wildman–Crippen LogP) is 11.0. The zero-order valence-corrected chi connectivity index (χ0v) is 51.8. The Morgan fingerprint density at radius 2 is 0.898 bits per heavy atom. The highest BCUT2D eigenvalue weighted by Gasteiger charge is 2.52. The third-order valence-electron chi connectivity index (χ3n) is 16.4. The van der Waals surface area contributed by atoms with Crippen molar-refractivity contribution in [3.8, 4) is 11.3 Å². The van der Waals surface area contributed by atoms with Gasteiger partial charge in [0.15, 0.2) is 11.3 Å². The molecule has 22 heteroatoms. The van der Waals surface area contributed by atoms with E-state index < -0.39 is 38.4 Å². The van der Waals surface area contributed by atoms with Crippen LogP contribution in [0.4, 0.5) is 0 Å². The third-order valence-corrected chi connectivity index (χ3v) is 20.1. The van der Waals surface area contributed by atoms with E-state index in [2.05, 4.69) is 32.9 Å². The molecule has 1 saturated heterocycles. The van der Waals surface area contributed by atoms with Crippen molar-refractivity contribution in [3.63, 3.8) is 0 Å². The number of imide groups is 2. The Hall–Kier alpha value is -8.99. The molecule has 0 unspecified atom stereocenters. The summed E-state index contributed by atoms with van der Waals surface area (Å²) in [4.78, 5) is 70.7. The second-order valence-electron chi connectivity index (χ2n) is 22.5. The van der Waals surface area contributed by atoms with E-state index in [0.717, 1.165) is 54.8 Å². The molecule has 7 heterocycles. The van der Waals surface area contributed by atoms with Gasteiger partial charge in [-0.3, -0.25) is 29.0 Å². The number of aromatic nitrogens is 6. The van der Waals surface area contributed by atoms with Crippen LogP contribution in [0.2, 0.25) is 5.15 Å². The Balaban J connectivity index is 0.000000144. The average Bonchev–Trinajstić information content (AvgIpc) is 3.50. The summed E-state index contributed by atoms with van der Waals surface area (Å²) in [7, 11) is -7.97. The van der Waals surface area contributed by atoms with E-state index in [1.807, 2.05) is 78.8 Å². The molecule has 0 bridgehead atoms. The van der Waals surface area contributed by atoms with Gasteiger partial charge in [-0.1, -0.05) is 115 Å². The molecule has 1 fully saturated rings. The number of nitrogens with zero attached hydrogens (tertiary/aromatic N) is 8. The van der Waals surface area contributed by atoms with Crippen LogP contribution >= 0.6 is 11.6 Å². The van der Waals surface area contributed by atoms with E-state index in [1.54, 1.807) is 109 Å². The standard InChI is InChI=1S/C30H24N4O4S.C23H26BNO4.C13H10ClN3O2S/c1-3-20-16-21(10-11-22(20)17-33-29(35)24-6-4-5-7-25(24)30(33)36)27-26-14-15-34(28(26)32-18-31-27)39(37,38)23-12-8-19(2)9-13-23;1-6-15-13-17(24-28-22(2,3)23(4,5)29-24)12-11-16(15)14-25-20(26)18-9-7-8-10-19(18)21(25)27;1-9-2-4-10(5-3-9)20(18,19)17-7-6-11-12(14)15-8-16-13(11)17/h4-16,18H,3,17H2,1-2H3;7-13H,6,14H2,1-5H3;2-8H,1H3. The molecule has 4 aromatic heterocycles. The Morgan fingerprint density at radius 3 is 1.35 bits per heavy atom. The number of benzene rings is 6. The Labute approximate surface area is 515 Å². The second-order valence-corrected chi connectivity index (χ2v) is 26.5. The van der Waals surface area contributed by atoms with Gasteiger partial charge in [-0.15, -0.1) is 0 Å². The highest BCUT2D eigenvalue weighted by molar-refractivity contribution is 7.90. The van der Waals surface area contributed by atoms with Crippen molar-refractivity contribution in [1.82, 2.24) is 37.7 Å². The van der Waals surface area contributed by atoms with Gasteiger partial charge < -0.3 is 9.31 Å². The number of carbonyl (C=O) groups excluding carboxylic acids is 4. The molecule has 0 spiro atoms. The first-order valence-electron chi connectivity index (χ1n) is 28.4. The van der Waals surface area contributed by atoms with E-state index >= 15 is 0 Å². The van der Waals surface area contributed by atoms with Crippen molar-refractivity contribution in [2.75, 3.05) is 0 Å². The molecular weight excluding hydrogens is 1180 g/mol. The lowest BCUT2D eigenvalue weighted by Crippen LogP contribution is -2.41. The predicted molar refractivity (Wildman–Crippen MR) is 335 cm³/mol. The van der Waals surface area contributed by atoms with Gasteiger partial charge in [-0.2, -0.15) is 0 Å². The van der Waals surface area contributed by atoms with Crippen LogP contribution in [0.25, 0.3) is 33.3 Å². The summed E-state index contributed by atoms with van der Waals surface area (Å²) in [5.41, 5.74) is 9.71. The van der Waals surface area contributed by atoms with E-state index in [4.69, 9.17) is 20.9 Å². The van der Waals surface area contributed by atoms with Gasteiger partial charge in [0.05, 0.1) is 67.4 Å². The molecule has 6 aromatic carbocycles. The number of fused-ring (bicyclic) bond motifs is 4. The van der Waals surface area contributed by atoms with Crippen molar-refractivity contribution >= 4 is 89.9 Å². The van der Waals surface area contributed by atoms with Gasteiger partial charge in [-0.25, -0.2) is 44.7 Å². The minimum Gasteiger partial charge on any atom is -0.399 e. The summed E-state index contributed by atoms with van der Waals surface area (Å²) >= 11 is 5.93. The molecule has 4 amide bonds. The summed E-state index contributed by atoms with van der Waals surface area (Å²) < 4.78 is 66.5. The molecule has 0 N–H and O–H groups in total. The zero-order chi connectivity index (χ0) is 62.6. The maximum absolute atomic E-state index is 13.4. The van der Waals surface area contributed by atoms with Crippen LogP contribution in [-0.2, 0) is 55.3 Å². The number of rotatable bonds is 12. The molecule has 0 radical (unpaired) electrons. The van der Waals surface area contributed by atoms with Crippen LogP contribution in [0.1, 0.15) is 116 Å². The fraction of sp³-hybridized carbons (Fsp3) is 0.212. The first kappa shape index (κ1) is 60.7. The van der Waals surface area contributed by atoms with Gasteiger partial charge in [0.2, 0.25) is 0 Å². The first-order valence-corrected chi connectivity index (χ1v) is 31.6. The molecule has 3 aliphatic heterocycles. The first-order chi connectivity index (χ1) is 41.9. The molecule has 13 rings (SSSR count). The van der Waals surface area contributed by atoms with E-state index in [1.165, 1.54) is 38.8 Å². The molecular formula is C66H60BClN8O10S2. The molecule has 0 saturated carbocycles. The topological polar surface area (TPSA) is 223 Å². The zero-order valence-electron chi connectivity index (χ0n) is 49.4. The van der Waals surface area contributed by atoms with Crippen LogP contribution in [0, 0.1) is 13.8 Å². The Bertz CT molecular complexity index is 4600. The van der Waals surface area contributed by atoms with Crippen LogP contribution in [0.5, 0.6) is 0 Å². The molecule has 3 aliphatic rings. The second kappa shape index (κ2) is 23.6. The largest absolute Gasteiger partial charge is 0.494 e.